The molecule has 0 saturated heterocycles. The Morgan fingerprint density at radius 1 is 1.24 bits per heavy atom. The van der Waals surface area contributed by atoms with Crippen LogP contribution in [-0.2, 0) is 4.74 Å². The fourth-order valence-corrected chi connectivity index (χ4v) is 3.02. The lowest BCUT2D eigenvalue weighted by atomic mass is 10.2. The van der Waals surface area contributed by atoms with Crippen LogP contribution in [0.5, 0.6) is 0 Å². The maximum atomic E-state index is 11.9. The molecule has 1 heterocycles. The van der Waals surface area contributed by atoms with E-state index in [0.717, 1.165) is 22.2 Å². The Morgan fingerprint density at radius 2 is 1.90 bits per heavy atom. The third kappa shape index (κ3) is 3.42. The first kappa shape index (κ1) is 15.5. The number of anilines is 2. The third-order valence-corrected chi connectivity index (χ3v) is 4.14. The molecular formula is C16H20N2O2S. The first-order valence-corrected chi connectivity index (χ1v) is 7.87. The second-order valence-corrected chi connectivity index (χ2v) is 5.88. The van der Waals surface area contributed by atoms with E-state index in [-0.39, 0.29) is 5.97 Å². The Kier molecular flexibility index (Phi) is 4.96. The van der Waals surface area contributed by atoms with Crippen LogP contribution in [0.4, 0.5) is 10.8 Å². The van der Waals surface area contributed by atoms with E-state index in [2.05, 4.69) is 48.0 Å². The molecule has 0 atom stereocenters. The highest BCUT2D eigenvalue weighted by Gasteiger charge is 2.20. The molecule has 0 saturated carbocycles. The largest absolute Gasteiger partial charge is 0.461 e. The van der Waals surface area contributed by atoms with Gasteiger partial charge in [0, 0.05) is 17.1 Å². The lowest BCUT2D eigenvalue weighted by Gasteiger charge is -2.19. The van der Waals surface area contributed by atoms with Crippen molar-refractivity contribution < 1.29 is 9.53 Å². The molecule has 0 N–H and O–H groups in total. The molecule has 112 valence electrons. The minimum atomic E-state index is -0.350. The number of esters is 1. The second kappa shape index (κ2) is 6.72. The van der Waals surface area contributed by atoms with E-state index < -0.39 is 0 Å². The molecule has 1 aromatic carbocycles. The summed E-state index contributed by atoms with van der Waals surface area (Å²) in [6, 6.07) is 8.29. The molecule has 21 heavy (non-hydrogen) atoms. The minimum absolute atomic E-state index is 0.350. The molecule has 5 heteroatoms. The maximum Gasteiger partial charge on any atom is 0.358 e. The summed E-state index contributed by atoms with van der Waals surface area (Å²) in [6.07, 6.45) is 0. The van der Waals surface area contributed by atoms with Crippen molar-refractivity contribution in [1.29, 1.82) is 0 Å². The van der Waals surface area contributed by atoms with Crippen molar-refractivity contribution in [3.05, 3.63) is 40.4 Å². The zero-order chi connectivity index (χ0) is 15.4. The van der Waals surface area contributed by atoms with Crippen molar-refractivity contribution in [1.82, 2.24) is 4.98 Å². The Hall–Kier alpha value is -1.88. The van der Waals surface area contributed by atoms with Gasteiger partial charge in [-0.1, -0.05) is 17.7 Å². The lowest BCUT2D eigenvalue weighted by Crippen LogP contribution is -2.16. The molecule has 2 rings (SSSR count). The van der Waals surface area contributed by atoms with Gasteiger partial charge in [-0.05, 0) is 39.8 Å². The Balaban J connectivity index is 2.33. The molecule has 0 aliphatic carbocycles. The number of hydrogen-bond acceptors (Lipinski definition) is 5. The van der Waals surface area contributed by atoms with Crippen molar-refractivity contribution >= 4 is 28.1 Å². The fraction of sp³-hybridized carbons (Fsp3) is 0.375. The minimum Gasteiger partial charge on any atom is -0.461 e. The van der Waals surface area contributed by atoms with Crippen molar-refractivity contribution in [2.45, 2.75) is 27.7 Å². The second-order valence-electron chi connectivity index (χ2n) is 4.70. The summed E-state index contributed by atoms with van der Waals surface area (Å²) in [6.45, 7) is 8.98. The van der Waals surface area contributed by atoms with Gasteiger partial charge in [0.15, 0.2) is 10.8 Å². The van der Waals surface area contributed by atoms with E-state index in [1.165, 1.54) is 16.9 Å². The summed E-state index contributed by atoms with van der Waals surface area (Å²) in [4.78, 5) is 19.3. The molecule has 1 aromatic heterocycles. The highest BCUT2D eigenvalue weighted by atomic mass is 32.1. The summed E-state index contributed by atoms with van der Waals surface area (Å²) in [7, 11) is 0. The van der Waals surface area contributed by atoms with Crippen LogP contribution in [0.3, 0.4) is 0 Å². The molecule has 0 aliphatic heterocycles. The molecule has 0 aliphatic rings. The third-order valence-electron chi connectivity index (χ3n) is 3.15. The predicted molar refractivity (Wildman–Crippen MR) is 86.7 cm³/mol. The van der Waals surface area contributed by atoms with Gasteiger partial charge in [-0.3, -0.25) is 0 Å². The van der Waals surface area contributed by atoms with Gasteiger partial charge in [0.25, 0.3) is 0 Å². The number of benzene rings is 1. The Labute approximate surface area is 129 Å². The summed E-state index contributed by atoms with van der Waals surface area (Å²) in [5.74, 6) is -0.350. The van der Waals surface area contributed by atoms with Gasteiger partial charge in [0.1, 0.15) is 0 Å². The smallest absolute Gasteiger partial charge is 0.358 e. The van der Waals surface area contributed by atoms with Gasteiger partial charge in [0.2, 0.25) is 0 Å². The summed E-state index contributed by atoms with van der Waals surface area (Å²) >= 11 is 1.51. The zero-order valence-electron chi connectivity index (χ0n) is 12.8. The normalized spacial score (nSPS) is 10.5. The number of rotatable bonds is 5. The molecule has 0 bridgehead atoms. The van der Waals surface area contributed by atoms with Crippen molar-refractivity contribution in [2.24, 2.45) is 0 Å². The predicted octanol–water partition coefficient (Wildman–Crippen LogP) is 4.09. The van der Waals surface area contributed by atoms with Crippen LogP contribution in [0.1, 0.15) is 34.8 Å². The fourth-order valence-electron chi connectivity index (χ4n) is 2.04. The monoisotopic (exact) mass is 304 g/mol. The number of aromatic nitrogens is 1. The lowest BCUT2D eigenvalue weighted by molar-refractivity contribution is 0.0519. The van der Waals surface area contributed by atoms with Crippen molar-refractivity contribution in [2.75, 3.05) is 18.1 Å². The van der Waals surface area contributed by atoms with Crippen LogP contribution in [0.25, 0.3) is 0 Å². The number of thiazole rings is 1. The standard InChI is InChI=1S/C16H20N2O2S/c1-5-18(13-9-7-11(3)8-10-13)16-17-14(12(4)21-16)15(19)20-6-2/h7-10H,5-6H2,1-4H3. The van der Waals surface area contributed by atoms with Gasteiger partial charge in [-0.25, -0.2) is 9.78 Å². The van der Waals surface area contributed by atoms with E-state index in [0.29, 0.717) is 12.3 Å². The Bertz CT molecular complexity index is 620. The molecule has 0 spiro atoms. The highest BCUT2D eigenvalue weighted by molar-refractivity contribution is 7.15. The number of ether oxygens (including phenoxy) is 1. The zero-order valence-corrected chi connectivity index (χ0v) is 13.7. The van der Waals surface area contributed by atoms with Crippen molar-refractivity contribution in [3.8, 4) is 0 Å². The average molecular weight is 304 g/mol. The van der Waals surface area contributed by atoms with Gasteiger partial charge in [-0.15, -0.1) is 11.3 Å². The molecule has 0 radical (unpaired) electrons. The van der Waals surface area contributed by atoms with E-state index >= 15 is 0 Å². The number of hydrogen-bond donors (Lipinski definition) is 0. The molecule has 4 nitrogen and oxygen atoms in total. The van der Waals surface area contributed by atoms with Crippen LogP contribution >= 0.6 is 11.3 Å². The maximum absolute atomic E-state index is 11.9. The van der Waals surface area contributed by atoms with E-state index in [9.17, 15) is 4.79 Å². The van der Waals surface area contributed by atoms with E-state index in [1.807, 2.05) is 6.92 Å². The van der Waals surface area contributed by atoms with Gasteiger partial charge in [0.05, 0.1) is 6.61 Å². The molecular weight excluding hydrogens is 284 g/mol. The van der Waals surface area contributed by atoms with Gasteiger partial charge < -0.3 is 9.64 Å². The van der Waals surface area contributed by atoms with Crippen LogP contribution in [-0.4, -0.2) is 24.1 Å². The van der Waals surface area contributed by atoms with Gasteiger partial charge in [-0.2, -0.15) is 0 Å². The summed E-state index contributed by atoms with van der Waals surface area (Å²) in [5.41, 5.74) is 2.71. The molecule has 0 fully saturated rings. The van der Waals surface area contributed by atoms with Crippen LogP contribution < -0.4 is 4.90 Å². The van der Waals surface area contributed by atoms with Gasteiger partial charge >= 0.3 is 5.97 Å². The molecule has 0 unspecified atom stereocenters. The number of carbonyl (C=O) groups excluding carboxylic acids is 1. The van der Waals surface area contributed by atoms with Crippen molar-refractivity contribution in [3.63, 3.8) is 0 Å². The Morgan fingerprint density at radius 3 is 2.48 bits per heavy atom. The van der Waals surface area contributed by atoms with E-state index in [1.54, 1.807) is 6.92 Å². The summed E-state index contributed by atoms with van der Waals surface area (Å²) < 4.78 is 5.04. The molecule has 0 amide bonds. The first-order valence-electron chi connectivity index (χ1n) is 7.05. The van der Waals surface area contributed by atoms with Crippen LogP contribution in [0.2, 0.25) is 0 Å². The summed E-state index contributed by atoms with van der Waals surface area (Å²) in [5, 5.41) is 0.821. The number of aryl methyl sites for hydroxylation is 2. The first-order chi connectivity index (χ1) is 10.1. The van der Waals surface area contributed by atoms with Crippen LogP contribution in [0, 0.1) is 13.8 Å². The van der Waals surface area contributed by atoms with Crippen LogP contribution in [0.15, 0.2) is 24.3 Å². The SMILES string of the molecule is CCOC(=O)c1nc(N(CC)c2ccc(C)cc2)sc1C. The topological polar surface area (TPSA) is 42.4 Å². The van der Waals surface area contributed by atoms with E-state index in [4.69, 9.17) is 4.74 Å². The molecule has 2 aromatic rings. The average Bonchev–Trinajstić information content (AvgIpc) is 2.84. The number of nitrogens with zero attached hydrogens (tertiary/aromatic N) is 2. The quantitative estimate of drug-likeness (QED) is 0.780. The highest BCUT2D eigenvalue weighted by Crippen LogP contribution is 2.31. The number of carbonyl (C=O) groups is 1.